The van der Waals surface area contributed by atoms with Crippen LogP contribution < -0.4 is 15.4 Å². The minimum atomic E-state index is -0.256. The molecule has 0 unspecified atom stereocenters. The van der Waals surface area contributed by atoms with E-state index in [1.165, 1.54) is 6.08 Å². The Morgan fingerprint density at radius 1 is 1.06 bits per heavy atom. The third-order valence-corrected chi connectivity index (χ3v) is 5.89. The van der Waals surface area contributed by atoms with Crippen molar-refractivity contribution in [2.75, 3.05) is 18.5 Å². The summed E-state index contributed by atoms with van der Waals surface area (Å²) in [6.45, 7) is 3.01. The summed E-state index contributed by atoms with van der Waals surface area (Å²) in [6, 6.07) is 21.0. The fourth-order valence-corrected chi connectivity index (χ4v) is 4.13. The van der Waals surface area contributed by atoms with Gasteiger partial charge in [0.15, 0.2) is 6.61 Å². The second-order valence-electron chi connectivity index (χ2n) is 7.68. The molecule has 0 aliphatic rings. The maximum Gasteiger partial charge on any atom is 0.257 e. The summed E-state index contributed by atoms with van der Waals surface area (Å²) in [5.74, 6) is 0.120. The highest BCUT2D eigenvalue weighted by Gasteiger charge is 2.11. The molecule has 2 aromatic heterocycles. The number of rotatable bonds is 10. The largest absolute Gasteiger partial charge is 0.484 e. The van der Waals surface area contributed by atoms with Crippen LogP contribution in [0.15, 0.2) is 84.4 Å². The Bertz CT molecular complexity index is 1280. The van der Waals surface area contributed by atoms with Crippen molar-refractivity contribution in [1.82, 2.24) is 15.1 Å². The van der Waals surface area contributed by atoms with Gasteiger partial charge in [0.25, 0.3) is 5.91 Å². The molecule has 0 bridgehead atoms. The zero-order valence-electron chi connectivity index (χ0n) is 19.3. The third kappa shape index (κ3) is 6.91. The van der Waals surface area contributed by atoms with Crippen molar-refractivity contribution in [2.24, 2.45) is 0 Å². The Kier molecular flexibility index (Phi) is 8.08. The lowest BCUT2D eigenvalue weighted by molar-refractivity contribution is -0.123. The second kappa shape index (κ2) is 11.8. The van der Waals surface area contributed by atoms with Gasteiger partial charge >= 0.3 is 0 Å². The van der Waals surface area contributed by atoms with E-state index in [9.17, 15) is 9.59 Å². The van der Waals surface area contributed by atoms with Crippen molar-refractivity contribution in [3.05, 3.63) is 95.5 Å². The van der Waals surface area contributed by atoms with Gasteiger partial charge in [0, 0.05) is 30.1 Å². The van der Waals surface area contributed by atoms with E-state index < -0.39 is 0 Å². The van der Waals surface area contributed by atoms with Gasteiger partial charge in [-0.1, -0.05) is 36.4 Å². The van der Waals surface area contributed by atoms with Crippen molar-refractivity contribution in [2.45, 2.75) is 13.5 Å². The van der Waals surface area contributed by atoms with Crippen molar-refractivity contribution < 1.29 is 14.3 Å². The predicted molar refractivity (Wildman–Crippen MR) is 139 cm³/mol. The van der Waals surface area contributed by atoms with Gasteiger partial charge in [-0.05, 0) is 54.3 Å². The van der Waals surface area contributed by atoms with Crippen LogP contribution in [-0.4, -0.2) is 34.7 Å². The van der Waals surface area contributed by atoms with Gasteiger partial charge in [0.2, 0.25) is 5.91 Å². The Balaban J connectivity index is 1.41. The molecule has 0 saturated carbocycles. The maximum atomic E-state index is 12.5. The van der Waals surface area contributed by atoms with E-state index in [2.05, 4.69) is 22.8 Å². The van der Waals surface area contributed by atoms with Crippen molar-refractivity contribution >= 4 is 34.9 Å². The standard InChI is InChI=1S/C27H26N4O3S/c1-2-28-26(33)19-34-23-13-11-22(12-14-23)29-25(32)15-10-21-18-31(17-20-7-4-3-5-8-20)30-27(21)24-9-6-16-35-24/h3-16,18H,2,17,19H2,1H3,(H,28,33)(H,29,32)/b15-10+. The average Bonchev–Trinajstić information content (AvgIpc) is 3.53. The smallest absolute Gasteiger partial charge is 0.257 e. The number of hydrogen-bond donors (Lipinski definition) is 2. The minimum absolute atomic E-state index is 0.0488. The molecular formula is C27H26N4O3S. The number of aromatic nitrogens is 2. The van der Waals surface area contributed by atoms with Crippen LogP contribution in [0.4, 0.5) is 5.69 Å². The van der Waals surface area contributed by atoms with Gasteiger partial charge in [-0.25, -0.2) is 0 Å². The number of hydrogen-bond acceptors (Lipinski definition) is 5. The highest BCUT2D eigenvalue weighted by atomic mass is 32.1. The second-order valence-corrected chi connectivity index (χ2v) is 8.63. The average molecular weight is 487 g/mol. The number of amides is 2. The normalized spacial score (nSPS) is 10.9. The minimum Gasteiger partial charge on any atom is -0.484 e. The van der Waals surface area contributed by atoms with Crippen molar-refractivity contribution in [1.29, 1.82) is 0 Å². The highest BCUT2D eigenvalue weighted by Crippen LogP contribution is 2.28. The van der Waals surface area contributed by atoms with Crippen LogP contribution in [0.5, 0.6) is 5.75 Å². The van der Waals surface area contributed by atoms with Gasteiger partial charge in [0.05, 0.1) is 11.4 Å². The monoisotopic (exact) mass is 486 g/mol. The first-order chi connectivity index (χ1) is 17.1. The summed E-state index contributed by atoms with van der Waals surface area (Å²) < 4.78 is 7.32. The van der Waals surface area contributed by atoms with Gasteiger partial charge in [-0.15, -0.1) is 11.3 Å². The van der Waals surface area contributed by atoms with Crippen LogP contribution in [0, 0.1) is 0 Å². The van der Waals surface area contributed by atoms with Gasteiger partial charge < -0.3 is 15.4 Å². The van der Waals surface area contributed by atoms with E-state index in [1.807, 2.05) is 53.5 Å². The van der Waals surface area contributed by atoms with Crippen LogP contribution >= 0.6 is 11.3 Å². The van der Waals surface area contributed by atoms with E-state index >= 15 is 0 Å². The zero-order valence-corrected chi connectivity index (χ0v) is 20.1. The molecule has 8 heteroatoms. The van der Waals surface area contributed by atoms with E-state index in [0.717, 1.165) is 21.7 Å². The Labute approximate surface area is 208 Å². The van der Waals surface area contributed by atoms with E-state index in [-0.39, 0.29) is 18.4 Å². The fraction of sp³-hybridized carbons (Fsp3) is 0.148. The molecule has 0 aliphatic carbocycles. The number of carbonyl (C=O) groups is 2. The maximum absolute atomic E-state index is 12.5. The number of nitrogens with zero attached hydrogens (tertiary/aromatic N) is 2. The number of carbonyl (C=O) groups excluding carboxylic acids is 2. The molecule has 2 aromatic carbocycles. The first kappa shape index (κ1) is 24.0. The number of thiophene rings is 1. The summed E-state index contributed by atoms with van der Waals surface area (Å²) in [4.78, 5) is 25.1. The van der Waals surface area contributed by atoms with Crippen LogP contribution in [-0.2, 0) is 16.1 Å². The summed E-state index contributed by atoms with van der Waals surface area (Å²) in [5, 5.41) is 12.3. The molecule has 0 atom stereocenters. The number of likely N-dealkylation sites (N-methyl/N-ethyl adjacent to an activating group) is 1. The lowest BCUT2D eigenvalue weighted by Crippen LogP contribution is -2.28. The molecule has 7 nitrogen and oxygen atoms in total. The van der Waals surface area contributed by atoms with E-state index in [1.54, 1.807) is 41.7 Å². The lowest BCUT2D eigenvalue weighted by Gasteiger charge is -2.07. The molecule has 2 N–H and O–H groups in total. The molecule has 0 saturated heterocycles. The number of benzene rings is 2. The van der Waals surface area contributed by atoms with Crippen LogP contribution in [0.3, 0.4) is 0 Å². The number of ether oxygens (including phenoxy) is 1. The molecule has 0 aliphatic heterocycles. The molecule has 4 aromatic rings. The number of nitrogens with one attached hydrogen (secondary N) is 2. The van der Waals surface area contributed by atoms with Gasteiger partial charge in [-0.2, -0.15) is 5.10 Å². The topological polar surface area (TPSA) is 85.3 Å². The third-order valence-electron chi connectivity index (χ3n) is 5.01. The van der Waals surface area contributed by atoms with Gasteiger partial charge in [0.1, 0.15) is 11.4 Å². The summed E-state index contributed by atoms with van der Waals surface area (Å²) >= 11 is 1.61. The van der Waals surface area contributed by atoms with Crippen molar-refractivity contribution in [3.63, 3.8) is 0 Å². The molecule has 178 valence electrons. The van der Waals surface area contributed by atoms with E-state index in [4.69, 9.17) is 9.84 Å². The summed E-state index contributed by atoms with van der Waals surface area (Å²) in [7, 11) is 0. The zero-order chi connectivity index (χ0) is 24.5. The van der Waals surface area contributed by atoms with Crippen molar-refractivity contribution in [3.8, 4) is 16.3 Å². The molecule has 2 heterocycles. The quantitative estimate of drug-likeness (QED) is 0.315. The van der Waals surface area contributed by atoms with Gasteiger partial charge in [-0.3, -0.25) is 14.3 Å². The molecule has 0 radical (unpaired) electrons. The molecule has 2 amide bonds. The molecule has 4 rings (SSSR count). The molecule has 0 fully saturated rings. The Hall–Kier alpha value is -4.17. The van der Waals surface area contributed by atoms with Crippen LogP contribution in [0.25, 0.3) is 16.6 Å². The Morgan fingerprint density at radius 2 is 1.86 bits per heavy atom. The van der Waals surface area contributed by atoms with Crippen LogP contribution in [0.2, 0.25) is 0 Å². The predicted octanol–water partition coefficient (Wildman–Crippen LogP) is 4.83. The summed E-state index contributed by atoms with van der Waals surface area (Å²) in [6.07, 6.45) is 5.23. The molecular weight excluding hydrogens is 460 g/mol. The fourth-order valence-electron chi connectivity index (χ4n) is 3.40. The molecule has 35 heavy (non-hydrogen) atoms. The SMILES string of the molecule is CCNC(=O)COc1ccc(NC(=O)/C=C/c2cn(Cc3ccccc3)nc2-c2cccs2)cc1. The first-order valence-electron chi connectivity index (χ1n) is 11.2. The van der Waals surface area contributed by atoms with Crippen LogP contribution in [0.1, 0.15) is 18.1 Å². The van der Waals surface area contributed by atoms with E-state index in [0.29, 0.717) is 24.5 Å². The Morgan fingerprint density at radius 3 is 2.57 bits per heavy atom. The molecule has 0 spiro atoms. The first-order valence-corrected chi connectivity index (χ1v) is 12.1. The lowest BCUT2D eigenvalue weighted by atomic mass is 10.2. The number of anilines is 1. The highest BCUT2D eigenvalue weighted by molar-refractivity contribution is 7.13. The summed E-state index contributed by atoms with van der Waals surface area (Å²) in [5.41, 5.74) is 3.49.